The maximum atomic E-state index is 12.1. The molecule has 0 radical (unpaired) electrons. The molecule has 22 heavy (non-hydrogen) atoms. The highest BCUT2D eigenvalue weighted by molar-refractivity contribution is 7.14. The van der Waals surface area contributed by atoms with E-state index in [0.29, 0.717) is 12.2 Å². The van der Waals surface area contributed by atoms with Crippen LogP contribution in [0.1, 0.15) is 28.5 Å². The van der Waals surface area contributed by atoms with Crippen LogP contribution in [0.4, 0.5) is 0 Å². The molecule has 0 bridgehead atoms. The second-order valence-corrected chi connectivity index (χ2v) is 6.53. The average Bonchev–Trinajstić information content (AvgIpc) is 3.18. The Balaban J connectivity index is 1.99. The fourth-order valence-electron chi connectivity index (χ4n) is 2.42. The summed E-state index contributed by atoms with van der Waals surface area (Å²) < 4.78 is 5.13. The van der Waals surface area contributed by atoms with Gasteiger partial charge in [0.2, 0.25) is 0 Å². The van der Waals surface area contributed by atoms with Gasteiger partial charge in [-0.2, -0.15) is 11.3 Å². The van der Waals surface area contributed by atoms with Crippen molar-refractivity contribution in [2.45, 2.75) is 20.8 Å². The summed E-state index contributed by atoms with van der Waals surface area (Å²) in [5, 5.41) is 7.12. The summed E-state index contributed by atoms with van der Waals surface area (Å²) in [5.41, 5.74) is 5.20. The molecule has 0 aliphatic rings. The molecule has 4 nitrogen and oxygen atoms in total. The number of aromatic nitrogens is 2. The minimum absolute atomic E-state index is 0.284. The molecule has 0 unspecified atom stereocenters. The molecule has 1 N–H and O–H groups in total. The van der Waals surface area contributed by atoms with Crippen molar-refractivity contribution in [2.24, 2.45) is 0 Å². The van der Waals surface area contributed by atoms with Gasteiger partial charge in [0.05, 0.1) is 23.6 Å². The monoisotopic (exact) mass is 332 g/mol. The van der Waals surface area contributed by atoms with Crippen molar-refractivity contribution in [2.75, 3.05) is 6.61 Å². The Morgan fingerprint density at radius 3 is 2.86 bits per heavy atom. The van der Waals surface area contributed by atoms with Crippen LogP contribution in [0.3, 0.4) is 0 Å². The lowest BCUT2D eigenvalue weighted by Gasteiger charge is -2.02. The molecule has 0 aliphatic carbocycles. The fraction of sp³-hybridized carbons (Fsp3) is 0.250. The van der Waals surface area contributed by atoms with Gasteiger partial charge in [0.25, 0.3) is 0 Å². The Bertz CT molecular complexity index is 800. The molecule has 0 atom stereocenters. The third kappa shape index (κ3) is 2.60. The molecule has 0 aromatic carbocycles. The van der Waals surface area contributed by atoms with Crippen LogP contribution < -0.4 is 0 Å². The predicted octanol–water partition coefficient (Wildman–Crippen LogP) is 4.66. The van der Waals surface area contributed by atoms with Gasteiger partial charge in [-0.25, -0.2) is 9.78 Å². The number of hydrogen-bond donors (Lipinski definition) is 1. The molecule has 0 spiro atoms. The maximum absolute atomic E-state index is 12.1. The number of rotatable bonds is 4. The molecule has 3 rings (SSSR count). The third-order valence-corrected chi connectivity index (χ3v) is 5.02. The number of aryl methyl sites for hydroxylation is 1. The molecule has 3 heterocycles. The largest absolute Gasteiger partial charge is 0.462 e. The maximum Gasteiger partial charge on any atom is 0.340 e. The molecule has 3 aromatic rings. The zero-order valence-electron chi connectivity index (χ0n) is 12.6. The van der Waals surface area contributed by atoms with Crippen molar-refractivity contribution >= 4 is 28.6 Å². The highest BCUT2D eigenvalue weighted by Gasteiger charge is 2.21. The quantitative estimate of drug-likeness (QED) is 0.707. The van der Waals surface area contributed by atoms with E-state index in [1.807, 2.05) is 31.5 Å². The summed E-state index contributed by atoms with van der Waals surface area (Å²) in [6.07, 6.45) is 0. The van der Waals surface area contributed by atoms with Gasteiger partial charge in [0, 0.05) is 22.0 Å². The Labute approximate surface area is 136 Å². The molecule has 0 saturated heterocycles. The first-order valence-electron chi connectivity index (χ1n) is 6.96. The van der Waals surface area contributed by atoms with Crippen LogP contribution in [0.25, 0.3) is 22.0 Å². The van der Waals surface area contributed by atoms with Crippen LogP contribution >= 0.6 is 22.7 Å². The highest BCUT2D eigenvalue weighted by atomic mass is 32.1. The summed E-state index contributed by atoms with van der Waals surface area (Å²) >= 11 is 3.26. The third-order valence-electron chi connectivity index (χ3n) is 3.45. The van der Waals surface area contributed by atoms with Gasteiger partial charge in [0.1, 0.15) is 5.01 Å². The summed E-state index contributed by atoms with van der Waals surface area (Å²) in [5.74, 6) is -0.284. The van der Waals surface area contributed by atoms with E-state index in [1.54, 1.807) is 22.7 Å². The Hall–Kier alpha value is -1.92. The van der Waals surface area contributed by atoms with Crippen molar-refractivity contribution in [3.05, 3.63) is 39.0 Å². The minimum atomic E-state index is -0.284. The number of thiazole rings is 1. The van der Waals surface area contributed by atoms with Crippen molar-refractivity contribution < 1.29 is 9.53 Å². The smallest absolute Gasteiger partial charge is 0.340 e. The van der Waals surface area contributed by atoms with Gasteiger partial charge in [0.15, 0.2) is 0 Å². The zero-order valence-corrected chi connectivity index (χ0v) is 14.2. The van der Waals surface area contributed by atoms with E-state index in [4.69, 9.17) is 4.74 Å². The van der Waals surface area contributed by atoms with E-state index in [2.05, 4.69) is 21.4 Å². The van der Waals surface area contributed by atoms with Crippen LogP contribution in [0.15, 0.2) is 22.2 Å². The number of esters is 1. The normalized spacial score (nSPS) is 10.9. The summed E-state index contributed by atoms with van der Waals surface area (Å²) in [6, 6.07) is 2.06. The highest BCUT2D eigenvalue weighted by Crippen LogP contribution is 2.33. The second kappa shape index (κ2) is 6.06. The average molecular weight is 332 g/mol. The lowest BCUT2D eigenvalue weighted by molar-refractivity contribution is 0.0525. The van der Waals surface area contributed by atoms with Crippen LogP contribution in [0.2, 0.25) is 0 Å². The van der Waals surface area contributed by atoms with Gasteiger partial charge >= 0.3 is 5.97 Å². The molecular weight excluding hydrogens is 316 g/mol. The van der Waals surface area contributed by atoms with Gasteiger partial charge in [-0.1, -0.05) is 0 Å². The summed E-state index contributed by atoms with van der Waals surface area (Å²) in [4.78, 5) is 20.0. The molecule has 0 saturated carbocycles. The number of carbonyl (C=O) groups excluding carboxylic acids is 1. The molecule has 6 heteroatoms. The van der Waals surface area contributed by atoms with Gasteiger partial charge in [-0.3, -0.25) is 0 Å². The Kier molecular flexibility index (Phi) is 4.13. The second-order valence-electron chi connectivity index (χ2n) is 4.90. The lowest BCUT2D eigenvalue weighted by atomic mass is 10.1. The molecule has 0 aliphatic heterocycles. The van der Waals surface area contributed by atoms with Crippen molar-refractivity contribution in [3.63, 3.8) is 0 Å². The van der Waals surface area contributed by atoms with Crippen LogP contribution in [0.5, 0.6) is 0 Å². The zero-order chi connectivity index (χ0) is 15.7. The topological polar surface area (TPSA) is 55.0 Å². The molecule has 0 fully saturated rings. The van der Waals surface area contributed by atoms with E-state index in [9.17, 15) is 4.79 Å². The molecule has 114 valence electrons. The standard InChI is InChI=1S/C16H16N2O2S2/c1-4-20-16(19)13-9(2)14(17-10(13)3)12-8-22-15(18-12)11-5-6-21-7-11/h5-8,17H,4H2,1-3H3. The number of aromatic amines is 1. The van der Waals surface area contributed by atoms with E-state index in [-0.39, 0.29) is 5.97 Å². The number of thiophene rings is 1. The van der Waals surface area contributed by atoms with Crippen molar-refractivity contribution in [1.29, 1.82) is 0 Å². The van der Waals surface area contributed by atoms with Crippen LogP contribution in [-0.4, -0.2) is 22.5 Å². The SMILES string of the molecule is CCOC(=O)c1c(C)[nH]c(-c2csc(-c3ccsc3)n2)c1C. The van der Waals surface area contributed by atoms with E-state index >= 15 is 0 Å². The Morgan fingerprint density at radius 1 is 1.36 bits per heavy atom. The van der Waals surface area contributed by atoms with E-state index in [1.165, 1.54) is 0 Å². The summed E-state index contributed by atoms with van der Waals surface area (Å²) in [6.45, 7) is 5.99. The van der Waals surface area contributed by atoms with Gasteiger partial charge in [-0.05, 0) is 37.8 Å². The van der Waals surface area contributed by atoms with Gasteiger partial charge < -0.3 is 9.72 Å². The molecule has 0 amide bonds. The fourth-order valence-corrected chi connectivity index (χ4v) is 3.95. The number of nitrogens with one attached hydrogen (secondary N) is 1. The van der Waals surface area contributed by atoms with E-state index < -0.39 is 0 Å². The Morgan fingerprint density at radius 2 is 2.18 bits per heavy atom. The van der Waals surface area contributed by atoms with Crippen LogP contribution in [0, 0.1) is 13.8 Å². The number of ether oxygens (including phenoxy) is 1. The predicted molar refractivity (Wildman–Crippen MR) is 90.6 cm³/mol. The molecule has 3 aromatic heterocycles. The van der Waals surface area contributed by atoms with E-state index in [0.717, 1.165) is 33.2 Å². The van der Waals surface area contributed by atoms with Crippen molar-refractivity contribution in [1.82, 2.24) is 9.97 Å². The summed E-state index contributed by atoms with van der Waals surface area (Å²) in [7, 11) is 0. The molecular formula is C16H16N2O2S2. The van der Waals surface area contributed by atoms with Gasteiger partial charge in [-0.15, -0.1) is 11.3 Å². The minimum Gasteiger partial charge on any atom is -0.462 e. The number of nitrogens with zero attached hydrogens (tertiary/aromatic N) is 1. The number of hydrogen-bond acceptors (Lipinski definition) is 5. The van der Waals surface area contributed by atoms with Crippen molar-refractivity contribution in [3.8, 4) is 22.0 Å². The lowest BCUT2D eigenvalue weighted by Crippen LogP contribution is -2.06. The first kappa shape index (κ1) is 15.0. The number of carbonyl (C=O) groups is 1. The first-order chi connectivity index (χ1) is 10.6. The first-order valence-corrected chi connectivity index (χ1v) is 8.78. The number of H-pyrrole nitrogens is 1. The van der Waals surface area contributed by atoms with Crippen LogP contribution in [-0.2, 0) is 4.74 Å².